The molecule has 0 N–H and O–H groups in total. The lowest BCUT2D eigenvalue weighted by atomic mass is 10.2. The molecule has 1 rings (SSSR count). The highest BCUT2D eigenvalue weighted by atomic mass is 35.5. The number of rotatable bonds is 2. The second kappa shape index (κ2) is 4.11. The lowest BCUT2D eigenvalue weighted by Gasteiger charge is -2.05. The van der Waals surface area contributed by atoms with Crippen molar-refractivity contribution >= 4 is 11.6 Å². The molecule has 4 heteroatoms. The lowest BCUT2D eigenvalue weighted by Crippen LogP contribution is -1.96. The van der Waals surface area contributed by atoms with Crippen molar-refractivity contribution < 1.29 is 9.13 Å². The fourth-order valence-corrected chi connectivity index (χ4v) is 1.09. The van der Waals surface area contributed by atoms with Gasteiger partial charge < -0.3 is 4.74 Å². The van der Waals surface area contributed by atoms with Crippen LogP contribution in [0, 0.1) is 17.1 Å². The third-order valence-corrected chi connectivity index (χ3v) is 1.78. The van der Waals surface area contributed by atoms with Gasteiger partial charge in [0.2, 0.25) is 0 Å². The Balaban J connectivity index is 3.21. The molecule has 1 aromatic carbocycles. The van der Waals surface area contributed by atoms with Crippen LogP contribution in [0.3, 0.4) is 0 Å². The first-order chi connectivity index (χ1) is 6.20. The molecule has 2 nitrogen and oxygen atoms in total. The van der Waals surface area contributed by atoms with Crippen molar-refractivity contribution in [3.8, 4) is 11.8 Å². The average molecular weight is 200 g/mol. The first-order valence-electron chi connectivity index (χ1n) is 3.71. The molecular formula is C9H7ClFNO. The van der Waals surface area contributed by atoms with Crippen molar-refractivity contribution in [2.45, 2.75) is 6.92 Å². The lowest BCUT2D eigenvalue weighted by molar-refractivity contribution is 0.321. The van der Waals surface area contributed by atoms with Gasteiger partial charge in [0.1, 0.15) is 11.6 Å². The molecule has 0 aliphatic heterocycles. The molecule has 0 bridgehead atoms. The summed E-state index contributed by atoms with van der Waals surface area (Å²) in [6.07, 6.45) is 0. The van der Waals surface area contributed by atoms with Crippen LogP contribution in [0.1, 0.15) is 12.5 Å². The molecule has 0 saturated carbocycles. The molecule has 0 fully saturated rings. The van der Waals surface area contributed by atoms with E-state index in [1.807, 2.05) is 0 Å². The van der Waals surface area contributed by atoms with E-state index in [4.69, 9.17) is 21.6 Å². The van der Waals surface area contributed by atoms with Crippen LogP contribution in [-0.4, -0.2) is 6.61 Å². The first-order valence-corrected chi connectivity index (χ1v) is 4.09. The zero-order valence-corrected chi connectivity index (χ0v) is 7.73. The summed E-state index contributed by atoms with van der Waals surface area (Å²) in [5.74, 6) is -0.639. The molecule has 13 heavy (non-hydrogen) atoms. The van der Waals surface area contributed by atoms with E-state index in [1.54, 1.807) is 13.0 Å². The van der Waals surface area contributed by atoms with E-state index in [-0.39, 0.29) is 16.3 Å². The Morgan fingerprint density at radius 1 is 1.62 bits per heavy atom. The fourth-order valence-electron chi connectivity index (χ4n) is 0.903. The summed E-state index contributed by atoms with van der Waals surface area (Å²) in [6.45, 7) is 2.09. The zero-order valence-electron chi connectivity index (χ0n) is 6.97. The predicted octanol–water partition coefficient (Wildman–Crippen LogP) is 2.75. The molecule has 0 aromatic heterocycles. The van der Waals surface area contributed by atoms with Gasteiger partial charge in [-0.2, -0.15) is 5.26 Å². The smallest absolute Gasteiger partial charge is 0.184 e. The minimum Gasteiger partial charge on any atom is -0.491 e. The molecule has 0 heterocycles. The molecule has 0 spiro atoms. The molecule has 0 aliphatic carbocycles. The van der Waals surface area contributed by atoms with Crippen molar-refractivity contribution in [1.29, 1.82) is 5.26 Å². The normalized spacial score (nSPS) is 9.38. The summed E-state index contributed by atoms with van der Waals surface area (Å²) < 4.78 is 18.2. The zero-order chi connectivity index (χ0) is 9.84. The van der Waals surface area contributed by atoms with Gasteiger partial charge in [0.05, 0.1) is 11.6 Å². The Morgan fingerprint density at radius 2 is 2.31 bits per heavy atom. The third-order valence-electron chi connectivity index (χ3n) is 1.47. The summed E-state index contributed by atoms with van der Waals surface area (Å²) in [4.78, 5) is 0. The van der Waals surface area contributed by atoms with Crippen LogP contribution in [0.25, 0.3) is 0 Å². The van der Waals surface area contributed by atoms with E-state index in [0.717, 1.165) is 0 Å². The predicted molar refractivity (Wildman–Crippen MR) is 47.3 cm³/mol. The van der Waals surface area contributed by atoms with Crippen molar-refractivity contribution in [3.05, 3.63) is 28.5 Å². The third kappa shape index (κ3) is 1.90. The quantitative estimate of drug-likeness (QED) is 0.734. The maximum atomic E-state index is 13.3. The minimum atomic E-state index is -0.697. The molecule has 0 saturated heterocycles. The number of halogens is 2. The van der Waals surface area contributed by atoms with Crippen LogP contribution >= 0.6 is 11.6 Å². The number of nitrogens with zero attached hydrogens (tertiary/aromatic N) is 1. The minimum absolute atomic E-state index is 0.0588. The molecular weight excluding hydrogens is 193 g/mol. The maximum Gasteiger partial charge on any atom is 0.184 e. The van der Waals surface area contributed by atoms with Crippen LogP contribution in [0.15, 0.2) is 12.1 Å². The summed E-state index contributed by atoms with van der Waals surface area (Å²) >= 11 is 5.58. The topological polar surface area (TPSA) is 33.0 Å². The van der Waals surface area contributed by atoms with E-state index in [2.05, 4.69) is 0 Å². The number of nitriles is 1. The van der Waals surface area contributed by atoms with Crippen molar-refractivity contribution in [2.24, 2.45) is 0 Å². The highest BCUT2D eigenvalue weighted by Gasteiger charge is 2.12. The second-order valence-corrected chi connectivity index (χ2v) is 2.69. The summed E-state index contributed by atoms with van der Waals surface area (Å²) in [7, 11) is 0. The highest BCUT2D eigenvalue weighted by Crippen LogP contribution is 2.26. The molecule has 0 amide bonds. The largest absolute Gasteiger partial charge is 0.491 e. The number of hydrogen-bond donors (Lipinski definition) is 0. The molecule has 0 unspecified atom stereocenters. The van der Waals surface area contributed by atoms with E-state index >= 15 is 0 Å². The van der Waals surface area contributed by atoms with E-state index < -0.39 is 5.82 Å². The molecule has 0 radical (unpaired) electrons. The van der Waals surface area contributed by atoms with E-state index in [9.17, 15) is 4.39 Å². The van der Waals surface area contributed by atoms with Crippen molar-refractivity contribution in [2.75, 3.05) is 6.61 Å². The van der Waals surface area contributed by atoms with Crippen LogP contribution in [0.5, 0.6) is 5.75 Å². The van der Waals surface area contributed by atoms with E-state index in [0.29, 0.717) is 6.61 Å². The molecule has 0 aliphatic rings. The molecule has 0 atom stereocenters. The average Bonchev–Trinajstić information content (AvgIpc) is 2.11. The van der Waals surface area contributed by atoms with Gasteiger partial charge in [-0.1, -0.05) is 11.6 Å². The Morgan fingerprint density at radius 3 is 2.85 bits per heavy atom. The number of ether oxygens (including phenoxy) is 1. The van der Waals surface area contributed by atoms with Gasteiger partial charge in [-0.3, -0.25) is 0 Å². The monoisotopic (exact) mass is 199 g/mol. The van der Waals surface area contributed by atoms with Gasteiger partial charge in [-0.15, -0.1) is 0 Å². The van der Waals surface area contributed by atoms with Crippen molar-refractivity contribution in [3.63, 3.8) is 0 Å². The van der Waals surface area contributed by atoms with Gasteiger partial charge in [0.25, 0.3) is 0 Å². The Hall–Kier alpha value is -1.27. The van der Waals surface area contributed by atoms with Gasteiger partial charge in [-0.25, -0.2) is 4.39 Å². The summed E-state index contributed by atoms with van der Waals surface area (Å²) in [6, 6.07) is 4.52. The van der Waals surface area contributed by atoms with Gasteiger partial charge in [0.15, 0.2) is 11.6 Å². The van der Waals surface area contributed by atoms with Gasteiger partial charge >= 0.3 is 0 Å². The van der Waals surface area contributed by atoms with E-state index in [1.165, 1.54) is 12.1 Å². The van der Waals surface area contributed by atoms with Crippen molar-refractivity contribution in [1.82, 2.24) is 0 Å². The number of benzene rings is 1. The second-order valence-electron chi connectivity index (χ2n) is 2.28. The first kappa shape index (κ1) is 9.82. The van der Waals surface area contributed by atoms with Crippen LogP contribution in [0.2, 0.25) is 5.02 Å². The van der Waals surface area contributed by atoms with Crippen LogP contribution < -0.4 is 4.74 Å². The maximum absolute atomic E-state index is 13.3. The van der Waals surface area contributed by atoms with Gasteiger partial charge in [0, 0.05) is 0 Å². The standard InChI is InChI=1S/C9H7ClFNO/c1-2-13-8-4-3-7(10)6(5-12)9(8)11/h3-4H,2H2,1H3. The summed E-state index contributed by atoms with van der Waals surface area (Å²) in [5, 5.41) is 8.66. The van der Waals surface area contributed by atoms with Crippen LogP contribution in [0.4, 0.5) is 4.39 Å². The Labute approximate surface area is 80.5 Å². The fraction of sp³-hybridized carbons (Fsp3) is 0.222. The van der Waals surface area contributed by atoms with Gasteiger partial charge in [-0.05, 0) is 19.1 Å². The van der Waals surface area contributed by atoms with Crippen LogP contribution in [-0.2, 0) is 0 Å². The summed E-state index contributed by atoms with van der Waals surface area (Å²) in [5.41, 5.74) is -0.174. The number of hydrogen-bond acceptors (Lipinski definition) is 2. The highest BCUT2D eigenvalue weighted by molar-refractivity contribution is 6.31. The Kier molecular flexibility index (Phi) is 3.10. The molecule has 1 aromatic rings. The Bertz CT molecular complexity index is 359. The molecule has 68 valence electrons. The SMILES string of the molecule is CCOc1ccc(Cl)c(C#N)c1F.